The monoisotopic (exact) mass is 339 g/mol. The molecule has 25 heavy (non-hydrogen) atoms. The van der Waals surface area contributed by atoms with E-state index in [-0.39, 0.29) is 11.9 Å². The summed E-state index contributed by atoms with van der Waals surface area (Å²) in [4.78, 5) is 25.4. The minimum Gasteiger partial charge on any atom is -0.362 e. The zero-order valence-corrected chi connectivity index (χ0v) is 14.9. The predicted molar refractivity (Wildman–Crippen MR) is 98.5 cm³/mol. The van der Waals surface area contributed by atoms with E-state index in [4.69, 9.17) is 0 Å². The Morgan fingerprint density at radius 2 is 1.84 bits per heavy atom. The summed E-state index contributed by atoms with van der Waals surface area (Å²) < 4.78 is 0. The first-order valence-corrected chi connectivity index (χ1v) is 8.82. The summed E-state index contributed by atoms with van der Waals surface area (Å²) in [5.74, 6) is 0.634. The van der Waals surface area contributed by atoms with Crippen LogP contribution in [0.15, 0.2) is 42.7 Å². The van der Waals surface area contributed by atoms with E-state index in [1.807, 2.05) is 23.1 Å². The Morgan fingerprint density at radius 1 is 1.12 bits per heavy atom. The summed E-state index contributed by atoms with van der Waals surface area (Å²) in [7, 11) is 0. The van der Waals surface area contributed by atoms with Crippen LogP contribution in [0.2, 0.25) is 0 Å². The maximum Gasteiger partial charge on any atom is 0.274 e. The van der Waals surface area contributed by atoms with Crippen molar-refractivity contribution in [1.29, 1.82) is 0 Å². The van der Waals surface area contributed by atoms with Crippen LogP contribution in [0.4, 0.5) is 5.82 Å². The van der Waals surface area contributed by atoms with Gasteiger partial charge < -0.3 is 15.1 Å². The molecular weight excluding hydrogens is 314 g/mol. The van der Waals surface area contributed by atoms with Gasteiger partial charge in [0.15, 0.2) is 0 Å². The van der Waals surface area contributed by atoms with E-state index >= 15 is 0 Å². The Balaban J connectivity index is 1.59. The number of likely N-dealkylation sites (N-methyl/N-ethyl adjacent to an activating group) is 1. The number of carbonyl (C=O) groups is 1. The first-order chi connectivity index (χ1) is 12.2. The second kappa shape index (κ2) is 8.07. The number of carbonyl (C=O) groups excluding carboxylic acids is 1. The van der Waals surface area contributed by atoms with E-state index in [1.54, 1.807) is 12.4 Å². The van der Waals surface area contributed by atoms with E-state index < -0.39 is 0 Å². The number of aromatic nitrogens is 2. The van der Waals surface area contributed by atoms with E-state index in [2.05, 4.69) is 46.2 Å². The van der Waals surface area contributed by atoms with Crippen molar-refractivity contribution in [3.63, 3.8) is 0 Å². The van der Waals surface area contributed by atoms with Crippen molar-refractivity contribution in [3.8, 4) is 0 Å². The number of nitrogens with one attached hydrogen (secondary N) is 1. The summed E-state index contributed by atoms with van der Waals surface area (Å²) in [6.45, 7) is 8.59. The molecule has 2 aromatic rings. The van der Waals surface area contributed by atoms with E-state index in [1.165, 1.54) is 5.56 Å². The molecule has 0 bridgehead atoms. The summed E-state index contributed by atoms with van der Waals surface area (Å²) in [6, 6.07) is 10.3. The largest absolute Gasteiger partial charge is 0.362 e. The van der Waals surface area contributed by atoms with Crippen LogP contribution in [-0.2, 0) is 0 Å². The van der Waals surface area contributed by atoms with Gasteiger partial charge in [-0.1, -0.05) is 37.3 Å². The number of hydrogen-bond acceptors (Lipinski definition) is 5. The Morgan fingerprint density at radius 3 is 2.44 bits per heavy atom. The van der Waals surface area contributed by atoms with Gasteiger partial charge in [-0.3, -0.25) is 4.79 Å². The maximum atomic E-state index is 12.5. The molecule has 1 aliphatic rings. The molecule has 1 amide bonds. The second-order valence-electron chi connectivity index (χ2n) is 6.29. The number of benzene rings is 1. The first-order valence-electron chi connectivity index (χ1n) is 8.82. The van der Waals surface area contributed by atoms with Crippen LogP contribution in [0.1, 0.15) is 35.9 Å². The van der Waals surface area contributed by atoms with Crippen LogP contribution >= 0.6 is 0 Å². The summed E-state index contributed by atoms with van der Waals surface area (Å²) in [5.41, 5.74) is 1.58. The smallest absolute Gasteiger partial charge is 0.274 e. The number of rotatable bonds is 5. The highest BCUT2D eigenvalue weighted by molar-refractivity contribution is 5.92. The van der Waals surface area contributed by atoms with Gasteiger partial charge in [0.1, 0.15) is 11.5 Å². The molecule has 132 valence electrons. The van der Waals surface area contributed by atoms with Gasteiger partial charge in [0.05, 0.1) is 12.4 Å². The standard InChI is InChI=1S/C19H25N5O/c1-3-23-9-11-24(12-10-23)19(25)17-13-21-18(14-20-17)22-15(2)16-7-5-4-6-8-16/h4-8,13-15H,3,9-12H2,1-2H3,(H,21,22). The molecule has 1 aromatic carbocycles. The van der Waals surface area contributed by atoms with E-state index in [0.717, 1.165) is 32.7 Å². The minimum atomic E-state index is -0.0362. The molecule has 0 saturated carbocycles. The van der Waals surface area contributed by atoms with Crippen molar-refractivity contribution >= 4 is 11.7 Å². The Kier molecular flexibility index (Phi) is 5.60. The third kappa shape index (κ3) is 4.33. The zero-order chi connectivity index (χ0) is 17.6. The van der Waals surface area contributed by atoms with Gasteiger partial charge in [0.2, 0.25) is 0 Å². The second-order valence-corrected chi connectivity index (χ2v) is 6.29. The van der Waals surface area contributed by atoms with Crippen molar-refractivity contribution < 1.29 is 4.79 Å². The average molecular weight is 339 g/mol. The number of nitrogens with zero attached hydrogens (tertiary/aromatic N) is 4. The number of hydrogen-bond donors (Lipinski definition) is 1. The Hall–Kier alpha value is -2.47. The van der Waals surface area contributed by atoms with Crippen LogP contribution < -0.4 is 5.32 Å². The molecule has 0 radical (unpaired) electrons. The van der Waals surface area contributed by atoms with Crippen molar-refractivity contribution in [1.82, 2.24) is 19.8 Å². The summed E-state index contributed by atoms with van der Waals surface area (Å²) >= 11 is 0. The minimum absolute atomic E-state index is 0.0362. The molecule has 0 spiro atoms. The van der Waals surface area contributed by atoms with Gasteiger partial charge in [-0.25, -0.2) is 9.97 Å². The van der Waals surface area contributed by atoms with Gasteiger partial charge in [0.25, 0.3) is 5.91 Å². The van der Waals surface area contributed by atoms with Crippen molar-refractivity contribution in [2.24, 2.45) is 0 Å². The number of anilines is 1. The molecule has 1 N–H and O–H groups in total. The molecule has 6 nitrogen and oxygen atoms in total. The lowest BCUT2D eigenvalue weighted by Crippen LogP contribution is -2.48. The van der Waals surface area contributed by atoms with Crippen LogP contribution in [0.3, 0.4) is 0 Å². The molecule has 3 rings (SSSR count). The Labute approximate surface area is 148 Å². The number of amides is 1. The Bertz CT molecular complexity index is 681. The van der Waals surface area contributed by atoms with Crippen molar-refractivity contribution in [3.05, 3.63) is 54.0 Å². The molecular formula is C19H25N5O. The quantitative estimate of drug-likeness (QED) is 0.906. The van der Waals surface area contributed by atoms with Gasteiger partial charge >= 0.3 is 0 Å². The van der Waals surface area contributed by atoms with Gasteiger partial charge in [0, 0.05) is 32.2 Å². The predicted octanol–water partition coefficient (Wildman–Crippen LogP) is 2.43. The fourth-order valence-corrected chi connectivity index (χ4v) is 2.99. The zero-order valence-electron chi connectivity index (χ0n) is 14.9. The van der Waals surface area contributed by atoms with Gasteiger partial charge in [-0.05, 0) is 19.0 Å². The normalized spacial score (nSPS) is 16.5. The third-order valence-corrected chi connectivity index (χ3v) is 4.64. The molecule has 2 heterocycles. The van der Waals surface area contributed by atoms with Crippen LogP contribution in [0.5, 0.6) is 0 Å². The highest BCUT2D eigenvalue weighted by Crippen LogP contribution is 2.17. The molecule has 1 saturated heterocycles. The molecule has 1 aliphatic heterocycles. The lowest BCUT2D eigenvalue weighted by molar-refractivity contribution is 0.0637. The lowest BCUT2D eigenvalue weighted by atomic mass is 10.1. The SMILES string of the molecule is CCN1CCN(C(=O)c2cnc(NC(C)c3ccccc3)cn2)CC1. The highest BCUT2D eigenvalue weighted by Gasteiger charge is 2.22. The van der Waals surface area contributed by atoms with Crippen LogP contribution in [0, 0.1) is 0 Å². The van der Waals surface area contributed by atoms with Crippen LogP contribution in [0.25, 0.3) is 0 Å². The topological polar surface area (TPSA) is 61.4 Å². The van der Waals surface area contributed by atoms with Crippen LogP contribution in [-0.4, -0.2) is 58.4 Å². The summed E-state index contributed by atoms with van der Waals surface area (Å²) in [5, 5.41) is 3.31. The fourth-order valence-electron chi connectivity index (χ4n) is 2.99. The molecule has 0 aliphatic carbocycles. The average Bonchev–Trinajstić information content (AvgIpc) is 2.69. The van der Waals surface area contributed by atoms with Gasteiger partial charge in [-0.2, -0.15) is 0 Å². The van der Waals surface area contributed by atoms with E-state index in [0.29, 0.717) is 11.5 Å². The summed E-state index contributed by atoms with van der Waals surface area (Å²) in [6.07, 6.45) is 3.20. The third-order valence-electron chi connectivity index (χ3n) is 4.64. The van der Waals surface area contributed by atoms with E-state index in [9.17, 15) is 4.79 Å². The van der Waals surface area contributed by atoms with Crippen molar-refractivity contribution in [2.75, 3.05) is 38.0 Å². The maximum absolute atomic E-state index is 12.5. The molecule has 6 heteroatoms. The van der Waals surface area contributed by atoms with Crippen molar-refractivity contribution in [2.45, 2.75) is 19.9 Å². The van der Waals surface area contributed by atoms with Gasteiger partial charge in [-0.15, -0.1) is 0 Å². The molecule has 1 aromatic heterocycles. The molecule has 1 atom stereocenters. The lowest BCUT2D eigenvalue weighted by Gasteiger charge is -2.33. The molecule has 1 unspecified atom stereocenters. The number of piperazine rings is 1. The fraction of sp³-hybridized carbons (Fsp3) is 0.421. The first kappa shape index (κ1) is 17.4. The highest BCUT2D eigenvalue weighted by atomic mass is 16.2. The molecule has 1 fully saturated rings.